The first-order chi connectivity index (χ1) is 12.3. The first-order valence-corrected chi connectivity index (χ1v) is 8.47. The molecule has 2 N–H and O–H groups in total. The zero-order chi connectivity index (χ0) is 19.1. The van der Waals surface area contributed by atoms with Crippen LogP contribution >= 0.6 is 35.4 Å². The number of hydrogen-bond donors (Lipinski definition) is 2. The van der Waals surface area contributed by atoms with Crippen LogP contribution in [0.25, 0.3) is 6.08 Å². The lowest BCUT2D eigenvalue weighted by molar-refractivity contribution is -0.384. The van der Waals surface area contributed by atoms with Crippen molar-refractivity contribution in [2.24, 2.45) is 0 Å². The molecule has 9 heteroatoms. The molecule has 0 aliphatic heterocycles. The van der Waals surface area contributed by atoms with E-state index in [0.29, 0.717) is 22.2 Å². The van der Waals surface area contributed by atoms with Gasteiger partial charge in [-0.3, -0.25) is 20.2 Å². The maximum Gasteiger partial charge on any atom is 0.270 e. The molecule has 0 spiro atoms. The molecule has 0 aliphatic carbocycles. The monoisotopic (exact) mass is 409 g/mol. The second kappa shape index (κ2) is 9.28. The van der Waals surface area contributed by atoms with Crippen molar-refractivity contribution in [2.75, 3.05) is 0 Å². The van der Waals surface area contributed by atoms with Gasteiger partial charge in [-0.15, -0.1) is 0 Å². The van der Waals surface area contributed by atoms with E-state index in [4.69, 9.17) is 35.4 Å². The van der Waals surface area contributed by atoms with Gasteiger partial charge in [-0.05, 0) is 41.6 Å². The van der Waals surface area contributed by atoms with E-state index in [1.165, 1.54) is 30.4 Å². The molecule has 2 aromatic carbocycles. The molecule has 0 heterocycles. The second-order valence-corrected chi connectivity index (χ2v) is 6.34. The third-order valence-electron chi connectivity index (χ3n) is 3.20. The third kappa shape index (κ3) is 6.11. The fourth-order valence-corrected chi connectivity index (χ4v) is 2.60. The fourth-order valence-electron chi connectivity index (χ4n) is 1.95. The van der Waals surface area contributed by atoms with E-state index in [1.807, 2.05) is 0 Å². The minimum Gasteiger partial charge on any atom is -0.358 e. The molecule has 0 radical (unpaired) electrons. The van der Waals surface area contributed by atoms with E-state index in [-0.39, 0.29) is 10.8 Å². The van der Waals surface area contributed by atoms with Gasteiger partial charge in [0, 0.05) is 34.8 Å². The summed E-state index contributed by atoms with van der Waals surface area (Å²) in [6, 6.07) is 11.0. The number of thiocarbonyl (C=S) groups is 1. The van der Waals surface area contributed by atoms with E-state index in [2.05, 4.69) is 10.6 Å². The van der Waals surface area contributed by atoms with Gasteiger partial charge in [0.2, 0.25) is 5.91 Å². The molecule has 0 aromatic heterocycles. The summed E-state index contributed by atoms with van der Waals surface area (Å²) in [6.45, 7) is 0.323. The highest BCUT2D eigenvalue weighted by atomic mass is 35.5. The van der Waals surface area contributed by atoms with Crippen molar-refractivity contribution in [3.8, 4) is 0 Å². The quantitative estimate of drug-likeness (QED) is 0.336. The molecule has 6 nitrogen and oxygen atoms in total. The Kier molecular flexibility index (Phi) is 7.08. The standard InChI is InChI=1S/C17H13Cl2N3O3S/c18-13-6-5-12(15(19)9-13)10-20-17(26)21-16(23)7-4-11-2-1-3-14(8-11)22(24)25/h1-9H,10H2,(H2,20,21,23,26)/b7-4+. The smallest absolute Gasteiger partial charge is 0.270 e. The number of amides is 1. The number of nitro groups is 1. The summed E-state index contributed by atoms with van der Waals surface area (Å²) in [6.07, 6.45) is 2.70. The first kappa shape index (κ1) is 19.8. The van der Waals surface area contributed by atoms with Gasteiger partial charge in [0.05, 0.1) is 4.92 Å². The molecule has 0 unspecified atom stereocenters. The van der Waals surface area contributed by atoms with Crippen LogP contribution in [0.15, 0.2) is 48.5 Å². The lowest BCUT2D eigenvalue weighted by Crippen LogP contribution is -2.38. The summed E-state index contributed by atoms with van der Waals surface area (Å²) in [4.78, 5) is 22.1. The number of rotatable bonds is 5. The minimum absolute atomic E-state index is 0.0513. The Morgan fingerprint density at radius 3 is 2.69 bits per heavy atom. The predicted molar refractivity (Wildman–Crippen MR) is 106 cm³/mol. The van der Waals surface area contributed by atoms with Crippen LogP contribution in [0.4, 0.5) is 5.69 Å². The van der Waals surface area contributed by atoms with Crippen LogP contribution in [0.5, 0.6) is 0 Å². The maximum absolute atomic E-state index is 11.9. The number of benzene rings is 2. The molecule has 2 aromatic rings. The number of hydrogen-bond acceptors (Lipinski definition) is 4. The van der Waals surface area contributed by atoms with Gasteiger partial charge in [-0.1, -0.05) is 41.4 Å². The Morgan fingerprint density at radius 2 is 2.00 bits per heavy atom. The summed E-state index contributed by atoms with van der Waals surface area (Å²) in [5.41, 5.74) is 1.26. The van der Waals surface area contributed by atoms with Gasteiger partial charge < -0.3 is 5.32 Å². The molecule has 1 amide bonds. The van der Waals surface area contributed by atoms with Crippen LogP contribution in [-0.4, -0.2) is 15.9 Å². The Bertz CT molecular complexity index is 887. The Labute approximate surface area is 165 Å². The summed E-state index contributed by atoms with van der Waals surface area (Å²) in [5, 5.41) is 17.2. The summed E-state index contributed by atoms with van der Waals surface area (Å²) in [7, 11) is 0. The number of non-ortho nitro benzene ring substituents is 1. The zero-order valence-corrected chi connectivity index (χ0v) is 15.6. The Balaban J connectivity index is 1.87. The van der Waals surface area contributed by atoms with Crippen molar-refractivity contribution in [1.29, 1.82) is 0 Å². The third-order valence-corrected chi connectivity index (χ3v) is 4.03. The average molecular weight is 410 g/mol. The average Bonchev–Trinajstić information content (AvgIpc) is 2.59. The van der Waals surface area contributed by atoms with Gasteiger partial charge in [0.25, 0.3) is 5.69 Å². The topological polar surface area (TPSA) is 84.3 Å². The number of nitrogens with one attached hydrogen (secondary N) is 2. The fraction of sp³-hybridized carbons (Fsp3) is 0.0588. The van der Waals surface area contributed by atoms with E-state index < -0.39 is 10.8 Å². The van der Waals surface area contributed by atoms with Gasteiger partial charge >= 0.3 is 0 Å². The van der Waals surface area contributed by atoms with E-state index in [1.54, 1.807) is 24.3 Å². The van der Waals surface area contributed by atoms with Crippen LogP contribution in [0.1, 0.15) is 11.1 Å². The highest BCUT2D eigenvalue weighted by Gasteiger charge is 2.06. The number of nitrogens with zero attached hydrogens (tertiary/aromatic N) is 1. The summed E-state index contributed by atoms with van der Waals surface area (Å²) in [5.74, 6) is -0.462. The van der Waals surface area contributed by atoms with Crippen molar-refractivity contribution < 1.29 is 9.72 Å². The van der Waals surface area contributed by atoms with E-state index in [0.717, 1.165) is 5.56 Å². The molecule has 0 aliphatic rings. The van der Waals surface area contributed by atoms with E-state index >= 15 is 0 Å². The number of carbonyl (C=O) groups excluding carboxylic acids is 1. The largest absolute Gasteiger partial charge is 0.358 e. The molecule has 0 bridgehead atoms. The van der Waals surface area contributed by atoms with Crippen LogP contribution in [0.3, 0.4) is 0 Å². The molecular formula is C17H13Cl2N3O3S. The predicted octanol–water partition coefficient (Wildman–Crippen LogP) is 4.11. The van der Waals surface area contributed by atoms with Gasteiger partial charge in [-0.2, -0.15) is 0 Å². The van der Waals surface area contributed by atoms with Crippen molar-refractivity contribution in [3.05, 3.63) is 79.8 Å². The molecule has 2 rings (SSSR count). The lowest BCUT2D eigenvalue weighted by atomic mass is 10.2. The summed E-state index contributed by atoms with van der Waals surface area (Å²) < 4.78 is 0. The SMILES string of the molecule is O=C(/C=C/c1cccc([N+](=O)[O-])c1)NC(=S)NCc1ccc(Cl)cc1Cl. The second-order valence-electron chi connectivity index (χ2n) is 5.09. The molecular weight excluding hydrogens is 397 g/mol. The zero-order valence-electron chi connectivity index (χ0n) is 13.2. The molecule has 0 atom stereocenters. The van der Waals surface area contributed by atoms with Crippen molar-refractivity contribution in [3.63, 3.8) is 0 Å². The number of nitro benzene ring substituents is 1. The van der Waals surface area contributed by atoms with Crippen LogP contribution < -0.4 is 10.6 Å². The molecule has 0 fully saturated rings. The molecule has 134 valence electrons. The van der Waals surface area contributed by atoms with Gasteiger partial charge in [-0.25, -0.2) is 0 Å². The van der Waals surface area contributed by atoms with Gasteiger partial charge in [0.1, 0.15) is 0 Å². The first-order valence-electron chi connectivity index (χ1n) is 7.30. The van der Waals surface area contributed by atoms with Crippen LogP contribution in [-0.2, 0) is 11.3 Å². The van der Waals surface area contributed by atoms with E-state index in [9.17, 15) is 14.9 Å². The normalized spacial score (nSPS) is 10.5. The van der Waals surface area contributed by atoms with Crippen molar-refractivity contribution in [1.82, 2.24) is 10.6 Å². The van der Waals surface area contributed by atoms with Gasteiger partial charge in [0.15, 0.2) is 5.11 Å². The highest BCUT2D eigenvalue weighted by Crippen LogP contribution is 2.20. The molecule has 0 saturated heterocycles. The Hall–Kier alpha value is -2.48. The maximum atomic E-state index is 11.9. The lowest BCUT2D eigenvalue weighted by Gasteiger charge is -2.09. The molecule has 26 heavy (non-hydrogen) atoms. The highest BCUT2D eigenvalue weighted by molar-refractivity contribution is 7.80. The number of carbonyl (C=O) groups is 1. The van der Waals surface area contributed by atoms with Crippen LogP contribution in [0.2, 0.25) is 10.0 Å². The van der Waals surface area contributed by atoms with Crippen molar-refractivity contribution in [2.45, 2.75) is 6.54 Å². The minimum atomic E-state index is -0.502. The van der Waals surface area contributed by atoms with Crippen LogP contribution in [0, 0.1) is 10.1 Å². The van der Waals surface area contributed by atoms with Crippen molar-refractivity contribution >= 4 is 58.2 Å². The molecule has 0 saturated carbocycles. The Morgan fingerprint density at radius 1 is 1.23 bits per heavy atom. The summed E-state index contributed by atoms with van der Waals surface area (Å²) >= 11 is 16.9. The number of halogens is 2.